The average molecular weight is 338 g/mol. The molecule has 0 radical (unpaired) electrons. The van der Waals surface area contributed by atoms with E-state index in [2.05, 4.69) is 4.98 Å². The van der Waals surface area contributed by atoms with Crippen LogP contribution in [0.2, 0.25) is 0 Å². The topological polar surface area (TPSA) is 108 Å². The second-order valence-corrected chi connectivity index (χ2v) is 8.54. The van der Waals surface area contributed by atoms with E-state index in [0.29, 0.717) is 17.8 Å². The zero-order valence-corrected chi connectivity index (χ0v) is 13.3. The number of aromatic nitrogens is 1. The molecule has 1 aromatic rings. The van der Waals surface area contributed by atoms with E-state index in [1.165, 1.54) is 18.7 Å². The van der Waals surface area contributed by atoms with Crippen molar-refractivity contribution in [1.82, 2.24) is 9.29 Å². The monoisotopic (exact) mass is 338 g/mol. The molecular weight excluding hydrogens is 324 g/mol. The summed E-state index contributed by atoms with van der Waals surface area (Å²) in [4.78, 5) is 24.5. The van der Waals surface area contributed by atoms with Crippen LogP contribution in [0.3, 0.4) is 0 Å². The lowest BCUT2D eigenvalue weighted by Crippen LogP contribution is -2.45. The standard InChI is InChI=1S/C10H14N2O5S3/c1-3-7-12(6(4-18-7)8(13)14)20(16,17)9-5(2)11-10(15)19-9/h6-7H,3-4H2,1-2H3,(H,11,15)(H,13,14). The van der Waals surface area contributed by atoms with Gasteiger partial charge in [0, 0.05) is 11.4 Å². The van der Waals surface area contributed by atoms with Gasteiger partial charge in [-0.15, -0.1) is 11.8 Å². The molecule has 7 nitrogen and oxygen atoms in total. The molecule has 20 heavy (non-hydrogen) atoms. The number of aliphatic carboxylic acids is 1. The second-order valence-electron chi connectivity index (χ2n) is 4.31. The number of nitrogens with one attached hydrogen (secondary N) is 1. The maximum absolute atomic E-state index is 12.7. The zero-order chi connectivity index (χ0) is 15.1. The summed E-state index contributed by atoms with van der Waals surface area (Å²) in [6.45, 7) is 3.29. The molecule has 1 saturated heterocycles. The van der Waals surface area contributed by atoms with Crippen molar-refractivity contribution in [3.8, 4) is 0 Å². The minimum atomic E-state index is -3.99. The number of nitrogens with zero attached hydrogens (tertiary/aromatic N) is 1. The number of carboxylic acids is 1. The molecule has 1 fully saturated rings. The number of carboxylic acid groups (broad SMARTS) is 1. The van der Waals surface area contributed by atoms with Crippen molar-refractivity contribution in [1.29, 1.82) is 0 Å². The molecule has 10 heteroatoms. The average Bonchev–Trinajstić information content (AvgIpc) is 2.92. The van der Waals surface area contributed by atoms with Crippen molar-refractivity contribution in [3.05, 3.63) is 15.4 Å². The predicted molar refractivity (Wildman–Crippen MR) is 76.7 cm³/mol. The Balaban J connectivity index is 2.53. The number of thioether (sulfide) groups is 1. The third-order valence-electron chi connectivity index (χ3n) is 2.96. The second kappa shape index (κ2) is 5.51. The number of aromatic amines is 1. The normalized spacial score (nSPS) is 24.1. The Morgan fingerprint density at radius 3 is 2.65 bits per heavy atom. The number of sulfonamides is 1. The maximum atomic E-state index is 12.7. The first kappa shape index (κ1) is 15.5. The number of hydrogen-bond donors (Lipinski definition) is 2. The molecule has 1 aliphatic heterocycles. The SMILES string of the molecule is CCC1SCC(C(=O)O)N1S(=O)(=O)c1sc(=O)[nH]c1C. The Kier molecular flexibility index (Phi) is 4.28. The van der Waals surface area contributed by atoms with Crippen molar-refractivity contribution >= 4 is 39.1 Å². The van der Waals surface area contributed by atoms with Crippen molar-refractivity contribution in [2.75, 3.05) is 5.75 Å². The molecule has 2 heterocycles. The van der Waals surface area contributed by atoms with E-state index in [9.17, 15) is 23.1 Å². The van der Waals surface area contributed by atoms with Gasteiger partial charge in [0.15, 0.2) is 4.21 Å². The predicted octanol–water partition coefficient (Wildman–Crippen LogP) is 0.672. The summed E-state index contributed by atoms with van der Waals surface area (Å²) in [5.41, 5.74) is 0.246. The van der Waals surface area contributed by atoms with E-state index < -0.39 is 32.3 Å². The molecule has 0 bridgehead atoms. The fourth-order valence-electron chi connectivity index (χ4n) is 2.08. The first-order valence-electron chi connectivity index (χ1n) is 5.86. The maximum Gasteiger partial charge on any atom is 0.322 e. The number of H-pyrrole nitrogens is 1. The summed E-state index contributed by atoms with van der Waals surface area (Å²) in [5, 5.41) is 8.78. The lowest BCUT2D eigenvalue weighted by atomic mass is 10.3. The van der Waals surface area contributed by atoms with Gasteiger partial charge in [-0.05, 0) is 13.3 Å². The van der Waals surface area contributed by atoms with Crippen LogP contribution in [-0.2, 0) is 14.8 Å². The minimum absolute atomic E-state index is 0.102. The van der Waals surface area contributed by atoms with E-state index in [-0.39, 0.29) is 15.7 Å². The van der Waals surface area contributed by atoms with Gasteiger partial charge in [0.1, 0.15) is 6.04 Å². The first-order valence-corrected chi connectivity index (χ1v) is 9.17. The number of rotatable bonds is 4. The van der Waals surface area contributed by atoms with Gasteiger partial charge in [0.2, 0.25) is 0 Å². The molecule has 2 atom stereocenters. The Morgan fingerprint density at radius 2 is 2.20 bits per heavy atom. The lowest BCUT2D eigenvalue weighted by Gasteiger charge is -2.25. The van der Waals surface area contributed by atoms with Crippen molar-refractivity contribution in [2.45, 2.75) is 35.9 Å². The highest BCUT2D eigenvalue weighted by molar-refractivity contribution is 8.01. The van der Waals surface area contributed by atoms with E-state index in [1.807, 2.05) is 0 Å². The molecule has 2 N–H and O–H groups in total. The Labute approximate surface area is 124 Å². The lowest BCUT2D eigenvalue weighted by molar-refractivity contribution is -0.140. The van der Waals surface area contributed by atoms with Gasteiger partial charge < -0.3 is 10.1 Å². The largest absolute Gasteiger partial charge is 0.480 e. The number of aryl methyl sites for hydroxylation is 1. The van der Waals surface area contributed by atoms with Crippen LogP contribution >= 0.6 is 23.1 Å². The smallest absolute Gasteiger partial charge is 0.322 e. The van der Waals surface area contributed by atoms with Crippen LogP contribution in [0.4, 0.5) is 0 Å². The van der Waals surface area contributed by atoms with Gasteiger partial charge in [0.25, 0.3) is 10.0 Å². The molecule has 0 amide bonds. The van der Waals surface area contributed by atoms with Gasteiger partial charge >= 0.3 is 10.8 Å². The minimum Gasteiger partial charge on any atom is -0.480 e. The molecule has 0 spiro atoms. The van der Waals surface area contributed by atoms with Crippen LogP contribution in [0.1, 0.15) is 19.0 Å². The van der Waals surface area contributed by atoms with Gasteiger partial charge in [0.05, 0.1) is 5.37 Å². The molecule has 2 unspecified atom stereocenters. The third-order valence-corrected chi connectivity index (χ3v) is 8.05. The fourth-order valence-corrected chi connectivity index (χ4v) is 7.01. The summed E-state index contributed by atoms with van der Waals surface area (Å²) in [6.07, 6.45) is 0.506. The number of carbonyl (C=O) groups is 1. The highest BCUT2D eigenvalue weighted by Gasteiger charge is 2.46. The Morgan fingerprint density at radius 1 is 1.55 bits per heavy atom. The summed E-state index contributed by atoms with van der Waals surface area (Å²) < 4.78 is 26.2. The van der Waals surface area contributed by atoms with Crippen LogP contribution in [0.5, 0.6) is 0 Å². The zero-order valence-electron chi connectivity index (χ0n) is 10.8. The molecule has 0 saturated carbocycles. The quantitative estimate of drug-likeness (QED) is 0.835. The molecule has 0 aromatic carbocycles. The van der Waals surface area contributed by atoms with Crippen LogP contribution in [0, 0.1) is 6.92 Å². The molecule has 112 valence electrons. The molecular formula is C10H14N2O5S3. The summed E-state index contributed by atoms with van der Waals surface area (Å²) in [6, 6.07) is -1.09. The van der Waals surface area contributed by atoms with Crippen LogP contribution in [0.25, 0.3) is 0 Å². The van der Waals surface area contributed by atoms with Crippen molar-refractivity contribution in [2.24, 2.45) is 0 Å². The Hall–Kier alpha value is -0.840. The molecule has 0 aliphatic carbocycles. The first-order chi connectivity index (χ1) is 9.28. The fraction of sp³-hybridized carbons (Fsp3) is 0.600. The highest BCUT2D eigenvalue weighted by atomic mass is 32.2. The van der Waals surface area contributed by atoms with Crippen LogP contribution in [0.15, 0.2) is 9.00 Å². The van der Waals surface area contributed by atoms with E-state index in [4.69, 9.17) is 0 Å². The van der Waals surface area contributed by atoms with E-state index in [1.54, 1.807) is 6.92 Å². The van der Waals surface area contributed by atoms with Gasteiger partial charge in [-0.3, -0.25) is 9.59 Å². The highest BCUT2D eigenvalue weighted by Crippen LogP contribution is 2.37. The van der Waals surface area contributed by atoms with E-state index in [0.717, 1.165) is 4.31 Å². The Bertz CT molecular complexity index is 677. The van der Waals surface area contributed by atoms with Gasteiger partial charge in [-0.2, -0.15) is 4.31 Å². The summed E-state index contributed by atoms with van der Waals surface area (Å²) in [7, 11) is -3.99. The van der Waals surface area contributed by atoms with E-state index >= 15 is 0 Å². The van der Waals surface area contributed by atoms with Crippen molar-refractivity contribution in [3.63, 3.8) is 0 Å². The third kappa shape index (κ3) is 2.52. The summed E-state index contributed by atoms with van der Waals surface area (Å²) in [5.74, 6) is -0.955. The number of hydrogen-bond acceptors (Lipinski definition) is 6. The molecule has 2 rings (SSSR count). The molecule has 1 aromatic heterocycles. The van der Waals surface area contributed by atoms with Crippen molar-refractivity contribution < 1.29 is 18.3 Å². The van der Waals surface area contributed by atoms with Gasteiger partial charge in [-0.1, -0.05) is 18.3 Å². The molecule has 1 aliphatic rings. The van der Waals surface area contributed by atoms with Crippen LogP contribution < -0.4 is 4.87 Å². The summed E-state index contributed by atoms with van der Waals surface area (Å²) >= 11 is 1.89. The number of thiazole rings is 1. The van der Waals surface area contributed by atoms with Crippen LogP contribution in [-0.4, -0.2) is 46.0 Å². The van der Waals surface area contributed by atoms with Gasteiger partial charge in [-0.25, -0.2) is 8.42 Å².